The Morgan fingerprint density at radius 2 is 2.00 bits per heavy atom. The van der Waals surface area contributed by atoms with Gasteiger partial charge in [0.1, 0.15) is 5.78 Å². The minimum Gasteiger partial charge on any atom is -0.298 e. The number of rotatable bonds is 2. The van der Waals surface area contributed by atoms with Crippen molar-refractivity contribution >= 4 is 5.78 Å². The van der Waals surface area contributed by atoms with Gasteiger partial charge in [0.2, 0.25) is 0 Å². The van der Waals surface area contributed by atoms with Gasteiger partial charge in [-0.1, -0.05) is 13.3 Å². The summed E-state index contributed by atoms with van der Waals surface area (Å²) in [5.41, 5.74) is 0. The molecule has 0 bridgehead atoms. The smallest absolute Gasteiger partial charge is 0.148 e. The fourth-order valence-corrected chi connectivity index (χ4v) is 2.88. The van der Waals surface area contributed by atoms with E-state index >= 15 is 0 Å². The van der Waals surface area contributed by atoms with Crippen molar-refractivity contribution < 1.29 is 4.79 Å². The van der Waals surface area contributed by atoms with Crippen LogP contribution in [0.5, 0.6) is 0 Å². The minimum absolute atomic E-state index is 0.447. The third-order valence-corrected chi connectivity index (χ3v) is 3.97. The van der Waals surface area contributed by atoms with Crippen LogP contribution in [0.4, 0.5) is 0 Å². The molecule has 2 heteroatoms. The quantitative estimate of drug-likeness (QED) is 0.673. The van der Waals surface area contributed by atoms with E-state index in [4.69, 9.17) is 0 Å². The highest BCUT2D eigenvalue weighted by Crippen LogP contribution is 2.30. The lowest BCUT2D eigenvalue weighted by atomic mass is 9.84. The zero-order valence-electron chi connectivity index (χ0n) is 9.17. The zero-order chi connectivity index (χ0) is 9.97. The summed E-state index contributed by atoms with van der Waals surface area (Å²) >= 11 is 0. The monoisotopic (exact) mass is 195 g/mol. The van der Waals surface area contributed by atoms with Gasteiger partial charge in [-0.05, 0) is 31.6 Å². The SMILES string of the molecule is CCC1CCC(N2CCC(=O)C2)CC1. The molecule has 0 radical (unpaired) electrons. The lowest BCUT2D eigenvalue weighted by Gasteiger charge is -2.33. The molecule has 0 unspecified atom stereocenters. The van der Waals surface area contributed by atoms with E-state index in [0.717, 1.165) is 31.5 Å². The van der Waals surface area contributed by atoms with E-state index < -0.39 is 0 Å². The van der Waals surface area contributed by atoms with Gasteiger partial charge in [0.05, 0.1) is 6.54 Å². The van der Waals surface area contributed by atoms with E-state index in [-0.39, 0.29) is 0 Å². The third-order valence-electron chi connectivity index (χ3n) is 3.97. The second-order valence-corrected chi connectivity index (χ2v) is 4.84. The van der Waals surface area contributed by atoms with Crippen molar-refractivity contribution in [3.63, 3.8) is 0 Å². The maximum absolute atomic E-state index is 11.2. The molecule has 2 rings (SSSR count). The highest BCUT2D eigenvalue weighted by molar-refractivity contribution is 5.82. The molecule has 1 heterocycles. The van der Waals surface area contributed by atoms with E-state index in [0.29, 0.717) is 5.78 Å². The Morgan fingerprint density at radius 1 is 1.29 bits per heavy atom. The molecule has 0 aromatic heterocycles. The van der Waals surface area contributed by atoms with Crippen LogP contribution in [0.3, 0.4) is 0 Å². The summed E-state index contributed by atoms with van der Waals surface area (Å²) in [6, 6.07) is 0.726. The number of hydrogen-bond donors (Lipinski definition) is 0. The summed E-state index contributed by atoms with van der Waals surface area (Å²) in [6.45, 7) is 4.06. The normalized spacial score (nSPS) is 35.1. The first-order valence-corrected chi connectivity index (χ1v) is 6.05. The van der Waals surface area contributed by atoms with Crippen LogP contribution in [0.15, 0.2) is 0 Å². The predicted octanol–water partition coefficient (Wildman–Crippen LogP) is 2.23. The molecular weight excluding hydrogens is 174 g/mol. The molecule has 0 amide bonds. The first-order valence-electron chi connectivity index (χ1n) is 6.05. The molecule has 1 aliphatic carbocycles. The topological polar surface area (TPSA) is 20.3 Å². The summed E-state index contributed by atoms with van der Waals surface area (Å²) in [5.74, 6) is 1.41. The summed E-state index contributed by atoms with van der Waals surface area (Å²) < 4.78 is 0. The van der Waals surface area contributed by atoms with Gasteiger partial charge >= 0.3 is 0 Å². The maximum atomic E-state index is 11.2. The maximum Gasteiger partial charge on any atom is 0.148 e. The lowest BCUT2D eigenvalue weighted by Crippen LogP contribution is -2.36. The average Bonchev–Trinajstić information content (AvgIpc) is 2.65. The van der Waals surface area contributed by atoms with Crippen LogP contribution in [-0.4, -0.2) is 29.8 Å². The van der Waals surface area contributed by atoms with Crippen molar-refractivity contribution in [2.45, 2.75) is 51.5 Å². The molecule has 1 saturated carbocycles. The molecule has 2 nitrogen and oxygen atoms in total. The molecule has 0 atom stereocenters. The number of nitrogens with zero attached hydrogens (tertiary/aromatic N) is 1. The van der Waals surface area contributed by atoms with Gasteiger partial charge in [-0.2, -0.15) is 0 Å². The van der Waals surface area contributed by atoms with Gasteiger partial charge < -0.3 is 0 Å². The van der Waals surface area contributed by atoms with E-state index in [1.165, 1.54) is 32.1 Å². The van der Waals surface area contributed by atoms with E-state index in [1.54, 1.807) is 0 Å². The Bertz CT molecular complexity index is 206. The van der Waals surface area contributed by atoms with Crippen molar-refractivity contribution in [1.29, 1.82) is 0 Å². The Morgan fingerprint density at radius 3 is 2.50 bits per heavy atom. The van der Waals surface area contributed by atoms with Gasteiger partial charge in [0.25, 0.3) is 0 Å². The van der Waals surface area contributed by atoms with Crippen molar-refractivity contribution in [2.24, 2.45) is 5.92 Å². The van der Waals surface area contributed by atoms with Crippen LogP contribution in [0, 0.1) is 5.92 Å². The molecule has 1 aliphatic heterocycles. The Labute approximate surface area is 86.7 Å². The van der Waals surface area contributed by atoms with Gasteiger partial charge in [-0.3, -0.25) is 9.69 Å². The summed E-state index contributed by atoms with van der Waals surface area (Å²) in [4.78, 5) is 13.6. The average molecular weight is 195 g/mol. The molecule has 2 fully saturated rings. The van der Waals surface area contributed by atoms with Crippen LogP contribution >= 0.6 is 0 Å². The summed E-state index contributed by atoms with van der Waals surface area (Å²) in [5, 5.41) is 0. The van der Waals surface area contributed by atoms with Crippen LogP contribution < -0.4 is 0 Å². The minimum atomic E-state index is 0.447. The first kappa shape index (κ1) is 10.2. The number of Topliss-reactive ketones (excluding diaryl/α,β-unsaturated/α-hetero) is 1. The molecule has 2 aliphatic rings. The number of likely N-dealkylation sites (tertiary alicyclic amines) is 1. The Balaban J connectivity index is 1.80. The fourth-order valence-electron chi connectivity index (χ4n) is 2.88. The van der Waals surface area contributed by atoms with Gasteiger partial charge in [0, 0.05) is 19.0 Å². The molecule has 80 valence electrons. The highest BCUT2D eigenvalue weighted by Gasteiger charge is 2.29. The molecule has 14 heavy (non-hydrogen) atoms. The summed E-state index contributed by atoms with van der Waals surface area (Å²) in [6.07, 6.45) is 7.55. The number of carbonyl (C=O) groups excluding carboxylic acids is 1. The molecular formula is C12H21NO. The Kier molecular flexibility index (Phi) is 3.22. The zero-order valence-corrected chi connectivity index (χ0v) is 9.17. The Hall–Kier alpha value is -0.370. The van der Waals surface area contributed by atoms with Crippen molar-refractivity contribution in [2.75, 3.05) is 13.1 Å². The van der Waals surface area contributed by atoms with Crippen LogP contribution in [0.1, 0.15) is 45.4 Å². The lowest BCUT2D eigenvalue weighted by molar-refractivity contribution is -0.117. The largest absolute Gasteiger partial charge is 0.298 e. The number of hydrogen-bond acceptors (Lipinski definition) is 2. The van der Waals surface area contributed by atoms with Crippen molar-refractivity contribution in [3.05, 3.63) is 0 Å². The number of ketones is 1. The van der Waals surface area contributed by atoms with Gasteiger partial charge in [-0.25, -0.2) is 0 Å². The fraction of sp³-hybridized carbons (Fsp3) is 0.917. The summed E-state index contributed by atoms with van der Waals surface area (Å²) in [7, 11) is 0. The molecule has 1 saturated heterocycles. The van der Waals surface area contributed by atoms with Gasteiger partial charge in [0.15, 0.2) is 0 Å². The van der Waals surface area contributed by atoms with Crippen LogP contribution in [0.25, 0.3) is 0 Å². The standard InChI is InChI=1S/C12H21NO/c1-2-10-3-5-11(6-4-10)13-8-7-12(14)9-13/h10-11H,2-9H2,1H3. The van der Waals surface area contributed by atoms with Gasteiger partial charge in [-0.15, -0.1) is 0 Å². The van der Waals surface area contributed by atoms with Crippen molar-refractivity contribution in [1.82, 2.24) is 4.90 Å². The highest BCUT2D eigenvalue weighted by atomic mass is 16.1. The van der Waals surface area contributed by atoms with Crippen LogP contribution in [0.2, 0.25) is 0 Å². The second kappa shape index (κ2) is 4.43. The van der Waals surface area contributed by atoms with Crippen molar-refractivity contribution in [3.8, 4) is 0 Å². The van der Waals surface area contributed by atoms with E-state index in [1.807, 2.05) is 0 Å². The second-order valence-electron chi connectivity index (χ2n) is 4.84. The molecule has 0 aromatic rings. The van der Waals surface area contributed by atoms with Crippen LogP contribution in [-0.2, 0) is 4.79 Å². The first-order chi connectivity index (χ1) is 6.79. The molecule has 0 N–H and O–H groups in total. The van der Waals surface area contributed by atoms with E-state index in [9.17, 15) is 4.79 Å². The third kappa shape index (κ3) is 2.17. The van der Waals surface area contributed by atoms with E-state index in [2.05, 4.69) is 11.8 Å². The molecule has 0 aromatic carbocycles. The predicted molar refractivity (Wildman–Crippen MR) is 57.2 cm³/mol. The molecule has 0 spiro atoms. The number of carbonyl (C=O) groups is 1.